The number of aryl methyl sites for hydroxylation is 1. The number of H-pyrrole nitrogens is 1. The molecule has 3 rings (SSSR count). The summed E-state index contributed by atoms with van der Waals surface area (Å²) in [5.41, 5.74) is 5.72. The first-order valence-electron chi connectivity index (χ1n) is 8.35. The molecule has 0 saturated heterocycles. The molecule has 9 heteroatoms. The van der Waals surface area contributed by atoms with E-state index in [0.29, 0.717) is 29.7 Å². The van der Waals surface area contributed by atoms with E-state index in [1.165, 1.54) is 11.8 Å². The van der Waals surface area contributed by atoms with E-state index in [2.05, 4.69) is 20.2 Å². The van der Waals surface area contributed by atoms with E-state index in [1.54, 1.807) is 6.07 Å². The van der Waals surface area contributed by atoms with Crippen LogP contribution in [0.2, 0.25) is 0 Å². The van der Waals surface area contributed by atoms with Gasteiger partial charge in [0.1, 0.15) is 11.6 Å². The summed E-state index contributed by atoms with van der Waals surface area (Å²) in [5, 5.41) is 9.55. The maximum atomic E-state index is 12.3. The molecule has 136 valence electrons. The van der Waals surface area contributed by atoms with Crippen molar-refractivity contribution in [1.82, 2.24) is 24.7 Å². The van der Waals surface area contributed by atoms with Gasteiger partial charge in [0.25, 0.3) is 5.56 Å². The Morgan fingerprint density at radius 2 is 2.12 bits per heavy atom. The van der Waals surface area contributed by atoms with Gasteiger partial charge in [0, 0.05) is 19.4 Å². The molecule has 0 aliphatic carbocycles. The van der Waals surface area contributed by atoms with Crippen LogP contribution < -0.4 is 11.3 Å². The van der Waals surface area contributed by atoms with Crippen molar-refractivity contribution in [3.05, 3.63) is 46.3 Å². The molecule has 3 aromatic rings. The zero-order valence-corrected chi connectivity index (χ0v) is 15.4. The van der Waals surface area contributed by atoms with Crippen molar-refractivity contribution in [2.24, 2.45) is 5.73 Å². The first kappa shape index (κ1) is 18.1. The maximum absolute atomic E-state index is 12.3. The molecule has 3 N–H and O–H groups in total. The summed E-state index contributed by atoms with van der Waals surface area (Å²) >= 11 is 1.46. The van der Waals surface area contributed by atoms with Crippen LogP contribution in [0.5, 0.6) is 0 Å². The van der Waals surface area contributed by atoms with E-state index in [1.807, 2.05) is 36.6 Å². The van der Waals surface area contributed by atoms with Crippen molar-refractivity contribution >= 4 is 28.6 Å². The zero-order valence-electron chi connectivity index (χ0n) is 14.6. The van der Waals surface area contributed by atoms with E-state index >= 15 is 0 Å². The summed E-state index contributed by atoms with van der Waals surface area (Å²) in [6, 6.07) is 7.24. The third kappa shape index (κ3) is 3.77. The lowest BCUT2D eigenvalue weighted by molar-refractivity contribution is -0.118. The van der Waals surface area contributed by atoms with Crippen molar-refractivity contribution in [3.63, 3.8) is 0 Å². The Hall–Kier alpha value is -2.68. The van der Waals surface area contributed by atoms with Crippen LogP contribution in [0.15, 0.2) is 34.2 Å². The molecule has 0 saturated carbocycles. The number of aromatic nitrogens is 5. The SMILES string of the molecule is CCn1c(CCC(N)=O)nnc1S[C@@H](C)c1nc2ccccc2c(=O)[nH]1. The molecular weight excluding hydrogens is 352 g/mol. The molecule has 0 spiro atoms. The highest BCUT2D eigenvalue weighted by Gasteiger charge is 2.18. The first-order valence-corrected chi connectivity index (χ1v) is 9.23. The van der Waals surface area contributed by atoms with Crippen LogP contribution in [0, 0.1) is 0 Å². The lowest BCUT2D eigenvalue weighted by Gasteiger charge is -2.12. The van der Waals surface area contributed by atoms with Gasteiger partial charge in [-0.3, -0.25) is 9.59 Å². The predicted molar refractivity (Wildman–Crippen MR) is 99.8 cm³/mol. The Morgan fingerprint density at radius 1 is 1.35 bits per heavy atom. The van der Waals surface area contributed by atoms with Gasteiger partial charge in [-0.2, -0.15) is 0 Å². The first-order chi connectivity index (χ1) is 12.5. The van der Waals surface area contributed by atoms with Crippen molar-refractivity contribution in [2.75, 3.05) is 0 Å². The number of primary amides is 1. The van der Waals surface area contributed by atoms with Crippen molar-refractivity contribution in [3.8, 4) is 0 Å². The van der Waals surface area contributed by atoms with Gasteiger partial charge in [-0.1, -0.05) is 23.9 Å². The third-order valence-electron chi connectivity index (χ3n) is 4.00. The highest BCUT2D eigenvalue weighted by Crippen LogP contribution is 2.32. The van der Waals surface area contributed by atoms with Crippen molar-refractivity contribution in [2.45, 2.75) is 43.6 Å². The fourth-order valence-electron chi connectivity index (χ4n) is 2.65. The van der Waals surface area contributed by atoms with Crippen LogP contribution >= 0.6 is 11.8 Å². The molecule has 0 radical (unpaired) electrons. The van der Waals surface area contributed by atoms with Crippen LogP contribution in [-0.4, -0.2) is 30.6 Å². The number of thioether (sulfide) groups is 1. The molecule has 0 aliphatic rings. The number of nitrogens with one attached hydrogen (secondary N) is 1. The van der Waals surface area contributed by atoms with Gasteiger partial charge in [0.2, 0.25) is 5.91 Å². The number of rotatable bonds is 7. The normalized spacial score (nSPS) is 12.4. The Balaban J connectivity index is 1.85. The minimum Gasteiger partial charge on any atom is -0.370 e. The number of para-hydroxylation sites is 1. The van der Waals surface area contributed by atoms with Gasteiger partial charge in [-0.15, -0.1) is 10.2 Å². The molecule has 0 unspecified atom stereocenters. The summed E-state index contributed by atoms with van der Waals surface area (Å²) in [6.07, 6.45) is 0.689. The minimum absolute atomic E-state index is 0.120. The summed E-state index contributed by atoms with van der Waals surface area (Å²) in [4.78, 5) is 30.7. The largest absolute Gasteiger partial charge is 0.370 e. The van der Waals surface area contributed by atoms with Gasteiger partial charge in [0.05, 0.1) is 16.2 Å². The van der Waals surface area contributed by atoms with Crippen LogP contribution in [-0.2, 0) is 17.8 Å². The van der Waals surface area contributed by atoms with Gasteiger partial charge in [-0.05, 0) is 26.0 Å². The topological polar surface area (TPSA) is 120 Å². The standard InChI is InChI=1S/C17H20N6O2S/c1-3-23-14(9-8-13(18)24)21-22-17(23)26-10(2)15-19-12-7-5-4-6-11(12)16(25)20-15/h4-7,10H,3,8-9H2,1-2H3,(H2,18,24)(H,19,20,25)/t10-/m0/s1. The zero-order chi connectivity index (χ0) is 18.7. The number of hydrogen-bond donors (Lipinski definition) is 2. The number of amides is 1. The number of hydrogen-bond acceptors (Lipinski definition) is 6. The van der Waals surface area contributed by atoms with Gasteiger partial charge in [-0.25, -0.2) is 4.98 Å². The molecule has 0 bridgehead atoms. The number of carbonyl (C=O) groups is 1. The Morgan fingerprint density at radius 3 is 2.85 bits per heavy atom. The van der Waals surface area contributed by atoms with Gasteiger partial charge >= 0.3 is 0 Å². The average molecular weight is 372 g/mol. The number of benzene rings is 1. The van der Waals surface area contributed by atoms with Crippen molar-refractivity contribution < 1.29 is 4.79 Å². The molecule has 0 aliphatic heterocycles. The van der Waals surface area contributed by atoms with E-state index in [-0.39, 0.29) is 23.1 Å². The summed E-state index contributed by atoms with van der Waals surface area (Å²) < 4.78 is 1.95. The number of carbonyl (C=O) groups excluding carboxylic acids is 1. The lowest BCUT2D eigenvalue weighted by Crippen LogP contribution is -2.14. The van der Waals surface area contributed by atoms with Crippen LogP contribution in [0.25, 0.3) is 10.9 Å². The number of fused-ring (bicyclic) bond motifs is 1. The fourth-order valence-corrected chi connectivity index (χ4v) is 3.64. The smallest absolute Gasteiger partial charge is 0.258 e. The molecular formula is C17H20N6O2S. The molecule has 1 atom stereocenters. The summed E-state index contributed by atoms with van der Waals surface area (Å²) in [7, 11) is 0. The van der Waals surface area contributed by atoms with Crippen LogP contribution in [0.3, 0.4) is 0 Å². The Kier molecular flexibility index (Phi) is 5.36. The second-order valence-electron chi connectivity index (χ2n) is 5.84. The lowest BCUT2D eigenvalue weighted by atomic mass is 10.2. The van der Waals surface area contributed by atoms with Gasteiger partial charge < -0.3 is 15.3 Å². The molecule has 0 fully saturated rings. The molecule has 26 heavy (non-hydrogen) atoms. The highest BCUT2D eigenvalue weighted by atomic mass is 32.2. The maximum Gasteiger partial charge on any atom is 0.258 e. The second-order valence-corrected chi connectivity index (χ2v) is 7.15. The van der Waals surface area contributed by atoms with E-state index in [9.17, 15) is 9.59 Å². The minimum atomic E-state index is -0.365. The molecule has 1 amide bonds. The third-order valence-corrected chi connectivity index (χ3v) is 5.09. The predicted octanol–water partition coefficient (Wildman–Crippen LogP) is 1.81. The quantitative estimate of drug-likeness (QED) is 0.610. The molecule has 8 nitrogen and oxygen atoms in total. The van der Waals surface area contributed by atoms with E-state index in [4.69, 9.17) is 5.73 Å². The number of nitrogens with zero attached hydrogens (tertiary/aromatic N) is 4. The van der Waals surface area contributed by atoms with Gasteiger partial charge in [0.15, 0.2) is 5.16 Å². The monoisotopic (exact) mass is 372 g/mol. The van der Waals surface area contributed by atoms with E-state index < -0.39 is 0 Å². The second kappa shape index (κ2) is 7.69. The molecule has 2 aromatic heterocycles. The summed E-state index contributed by atoms with van der Waals surface area (Å²) in [5.74, 6) is 0.945. The highest BCUT2D eigenvalue weighted by molar-refractivity contribution is 7.99. The Bertz CT molecular complexity index is 996. The number of aromatic amines is 1. The van der Waals surface area contributed by atoms with E-state index in [0.717, 1.165) is 11.0 Å². The molecule has 1 aromatic carbocycles. The van der Waals surface area contributed by atoms with Crippen LogP contribution in [0.1, 0.15) is 37.2 Å². The number of nitrogens with two attached hydrogens (primary N) is 1. The fraction of sp³-hybridized carbons (Fsp3) is 0.353. The molecule has 2 heterocycles. The van der Waals surface area contributed by atoms with Crippen LogP contribution in [0.4, 0.5) is 0 Å². The Labute approximate surface area is 154 Å². The summed E-state index contributed by atoms with van der Waals surface area (Å²) in [6.45, 7) is 4.62. The van der Waals surface area contributed by atoms with Crippen molar-refractivity contribution in [1.29, 1.82) is 0 Å². The average Bonchev–Trinajstić information content (AvgIpc) is 3.01.